The van der Waals surface area contributed by atoms with Crippen LogP contribution in [0.15, 0.2) is 49.1 Å². The second kappa shape index (κ2) is 19.0. The Hall–Kier alpha value is -5.27. The Balaban J connectivity index is 1.84. The van der Waals surface area contributed by atoms with E-state index < -0.39 is 58.7 Å². The molecule has 1 aliphatic rings. The number of methoxy groups -OCH3 is 2. The highest BCUT2D eigenvalue weighted by Crippen LogP contribution is 2.31. The van der Waals surface area contributed by atoms with Crippen molar-refractivity contribution in [2.24, 2.45) is 5.41 Å². The number of likely N-dealkylation sites (tertiary alicyclic amines) is 1. The summed E-state index contributed by atoms with van der Waals surface area (Å²) >= 11 is 0. The number of anilines is 1. The molecule has 1 fully saturated rings. The molecule has 53 heavy (non-hydrogen) atoms. The molecule has 0 bridgehead atoms. The summed E-state index contributed by atoms with van der Waals surface area (Å²) in [6.45, 7) is 11.4. The Morgan fingerprint density at radius 3 is 2.36 bits per heavy atom. The summed E-state index contributed by atoms with van der Waals surface area (Å²) in [5, 5.41) is 2.69. The number of aryl methyl sites for hydroxylation is 1. The molecule has 14 heteroatoms. The molecule has 288 valence electrons. The van der Waals surface area contributed by atoms with Crippen LogP contribution in [0.25, 0.3) is 0 Å². The van der Waals surface area contributed by atoms with Gasteiger partial charge >= 0.3 is 17.9 Å². The Kier molecular flexibility index (Phi) is 15.1. The summed E-state index contributed by atoms with van der Waals surface area (Å²) in [4.78, 5) is 83.1. The SMILES string of the molecule is C=CC(=O)OCC(C)(C)C(=O)C(=O)N1CCCC[C@H]1C(=O)O[C@H](CCc1ccc(OC)c(OC)c1)c1cccc(NC(=O)CCC(=O)OC(C)(C)C)n1. The molecule has 1 aliphatic heterocycles. The third kappa shape index (κ3) is 12.7. The summed E-state index contributed by atoms with van der Waals surface area (Å²) in [7, 11) is 3.06. The van der Waals surface area contributed by atoms with E-state index in [2.05, 4.69) is 16.9 Å². The average molecular weight is 738 g/mol. The quantitative estimate of drug-likeness (QED) is 0.0988. The van der Waals surface area contributed by atoms with Gasteiger partial charge in [0.2, 0.25) is 11.7 Å². The maximum Gasteiger partial charge on any atom is 0.330 e. The number of pyridine rings is 1. The van der Waals surface area contributed by atoms with Crippen molar-refractivity contribution < 1.29 is 52.5 Å². The number of carbonyl (C=O) groups is 6. The van der Waals surface area contributed by atoms with Crippen LogP contribution in [0.3, 0.4) is 0 Å². The number of piperidine rings is 1. The number of hydrogen-bond donors (Lipinski definition) is 1. The first kappa shape index (κ1) is 42.1. The smallest absolute Gasteiger partial charge is 0.330 e. The van der Waals surface area contributed by atoms with E-state index in [1.54, 1.807) is 45.0 Å². The van der Waals surface area contributed by atoms with Crippen LogP contribution in [0.1, 0.15) is 90.5 Å². The minimum absolute atomic E-state index is 0.120. The molecule has 1 N–H and O–H groups in total. The van der Waals surface area contributed by atoms with Crippen molar-refractivity contribution in [3.8, 4) is 11.5 Å². The van der Waals surface area contributed by atoms with Crippen LogP contribution in [0.4, 0.5) is 5.82 Å². The van der Waals surface area contributed by atoms with E-state index >= 15 is 0 Å². The lowest BCUT2D eigenvalue weighted by atomic mass is 9.87. The Labute approximate surface area is 310 Å². The standard InChI is InChI=1S/C39H51N3O11/c1-9-33(44)51-24-39(5,6)35(46)36(47)42-22-11-10-14-27(42)37(48)52-28(18-16-25-17-19-29(49-7)30(23-25)50-8)26-13-12-15-31(40-26)41-32(43)20-21-34(45)53-38(2,3)4/h9,12-13,15,17,19,23,27-28H,1,10-11,14,16,18,20-22,24H2,2-8H3,(H,40,41,43)/t27-,28+/m0/s1. The highest BCUT2D eigenvalue weighted by Gasteiger charge is 2.42. The van der Waals surface area contributed by atoms with Crippen LogP contribution in [-0.2, 0) is 49.4 Å². The van der Waals surface area contributed by atoms with Crippen molar-refractivity contribution in [2.75, 3.05) is 32.7 Å². The maximum absolute atomic E-state index is 13.9. The first-order valence-corrected chi connectivity index (χ1v) is 17.5. The number of rotatable bonds is 17. The molecule has 2 atom stereocenters. The zero-order valence-corrected chi connectivity index (χ0v) is 31.7. The van der Waals surface area contributed by atoms with Gasteiger partial charge in [0, 0.05) is 19.0 Å². The second-order valence-corrected chi connectivity index (χ2v) is 14.3. The molecule has 2 amide bonds. The van der Waals surface area contributed by atoms with Crippen molar-refractivity contribution in [3.63, 3.8) is 0 Å². The van der Waals surface area contributed by atoms with Crippen LogP contribution in [0, 0.1) is 5.41 Å². The highest BCUT2D eigenvalue weighted by molar-refractivity contribution is 6.38. The fourth-order valence-electron chi connectivity index (χ4n) is 5.55. The summed E-state index contributed by atoms with van der Waals surface area (Å²) in [5.74, 6) is -2.83. The Morgan fingerprint density at radius 1 is 0.981 bits per heavy atom. The van der Waals surface area contributed by atoms with Gasteiger partial charge in [-0.25, -0.2) is 14.6 Å². The van der Waals surface area contributed by atoms with Crippen LogP contribution < -0.4 is 14.8 Å². The molecule has 2 aromatic rings. The number of nitrogens with one attached hydrogen (secondary N) is 1. The normalized spacial score (nSPS) is 15.0. The number of ether oxygens (including phenoxy) is 5. The van der Waals surface area contributed by atoms with Gasteiger partial charge in [-0.3, -0.25) is 19.2 Å². The third-order valence-corrected chi connectivity index (χ3v) is 8.33. The Bertz CT molecular complexity index is 1660. The number of nitrogens with zero attached hydrogens (tertiary/aromatic N) is 2. The lowest BCUT2D eigenvalue weighted by Crippen LogP contribution is -2.53. The molecular weight excluding hydrogens is 686 g/mol. The Morgan fingerprint density at radius 2 is 1.70 bits per heavy atom. The molecule has 2 heterocycles. The van der Waals surface area contributed by atoms with Crippen molar-refractivity contribution in [3.05, 3.63) is 60.3 Å². The van der Waals surface area contributed by atoms with E-state index in [9.17, 15) is 28.8 Å². The van der Waals surface area contributed by atoms with Crippen molar-refractivity contribution in [1.29, 1.82) is 0 Å². The predicted octanol–water partition coefficient (Wildman–Crippen LogP) is 5.08. The van der Waals surface area contributed by atoms with Gasteiger partial charge in [-0.05, 0) is 96.6 Å². The van der Waals surface area contributed by atoms with Gasteiger partial charge in [0.05, 0.1) is 31.7 Å². The summed E-state index contributed by atoms with van der Waals surface area (Å²) in [6.07, 6.45) is 1.92. The van der Waals surface area contributed by atoms with E-state index in [-0.39, 0.29) is 44.7 Å². The fourth-order valence-corrected chi connectivity index (χ4v) is 5.55. The number of hydrogen-bond acceptors (Lipinski definition) is 12. The van der Waals surface area contributed by atoms with Gasteiger partial charge in [-0.15, -0.1) is 0 Å². The molecule has 0 saturated carbocycles. The molecule has 14 nitrogen and oxygen atoms in total. The molecular formula is C39H51N3O11. The van der Waals surface area contributed by atoms with Crippen LogP contribution >= 0.6 is 0 Å². The average Bonchev–Trinajstić information content (AvgIpc) is 3.13. The lowest BCUT2D eigenvalue weighted by molar-refractivity contribution is -0.165. The minimum atomic E-state index is -1.36. The lowest BCUT2D eigenvalue weighted by Gasteiger charge is -2.36. The molecule has 0 unspecified atom stereocenters. The summed E-state index contributed by atoms with van der Waals surface area (Å²) < 4.78 is 27.2. The van der Waals surface area contributed by atoms with Gasteiger partial charge in [0.25, 0.3) is 5.91 Å². The zero-order valence-electron chi connectivity index (χ0n) is 31.7. The summed E-state index contributed by atoms with van der Waals surface area (Å²) in [6, 6.07) is 9.27. The molecule has 1 aromatic carbocycles. The number of aromatic nitrogens is 1. The van der Waals surface area contributed by atoms with Crippen LogP contribution in [-0.4, -0.2) is 84.4 Å². The monoisotopic (exact) mass is 737 g/mol. The molecule has 0 aliphatic carbocycles. The van der Waals surface area contributed by atoms with Gasteiger partial charge in [0.1, 0.15) is 30.2 Å². The largest absolute Gasteiger partial charge is 0.493 e. The number of Topliss-reactive ketones (excluding diaryl/α,β-unsaturated/α-hetero) is 1. The molecule has 3 rings (SSSR count). The number of benzene rings is 1. The van der Waals surface area contributed by atoms with Crippen LogP contribution in [0.2, 0.25) is 0 Å². The zero-order chi connectivity index (χ0) is 39.3. The number of esters is 3. The number of amides is 2. The fraction of sp³-hybridized carbons (Fsp3) is 0.513. The highest BCUT2D eigenvalue weighted by atomic mass is 16.6. The number of ketones is 1. The van der Waals surface area contributed by atoms with E-state index in [4.69, 9.17) is 23.7 Å². The first-order valence-electron chi connectivity index (χ1n) is 17.5. The third-order valence-electron chi connectivity index (χ3n) is 8.33. The molecule has 1 saturated heterocycles. The predicted molar refractivity (Wildman–Crippen MR) is 194 cm³/mol. The summed E-state index contributed by atoms with van der Waals surface area (Å²) in [5.41, 5.74) is -0.845. The van der Waals surface area contributed by atoms with Crippen molar-refractivity contribution in [1.82, 2.24) is 9.88 Å². The van der Waals surface area contributed by atoms with Crippen LogP contribution in [0.5, 0.6) is 11.5 Å². The second-order valence-electron chi connectivity index (χ2n) is 14.3. The first-order chi connectivity index (χ1) is 25.0. The van der Waals surface area contributed by atoms with Crippen molar-refractivity contribution in [2.45, 2.75) is 97.3 Å². The van der Waals surface area contributed by atoms with E-state index in [1.807, 2.05) is 12.1 Å². The molecule has 1 aromatic heterocycles. The van der Waals surface area contributed by atoms with Gasteiger partial charge in [-0.2, -0.15) is 0 Å². The van der Waals surface area contributed by atoms with E-state index in [0.717, 1.165) is 11.6 Å². The maximum atomic E-state index is 13.9. The van der Waals surface area contributed by atoms with E-state index in [0.29, 0.717) is 36.5 Å². The van der Waals surface area contributed by atoms with Gasteiger partial charge in [0.15, 0.2) is 11.5 Å². The van der Waals surface area contributed by atoms with Crippen molar-refractivity contribution >= 4 is 41.3 Å². The van der Waals surface area contributed by atoms with Gasteiger partial charge < -0.3 is 33.9 Å². The minimum Gasteiger partial charge on any atom is -0.493 e. The molecule has 0 spiro atoms. The van der Waals surface area contributed by atoms with Gasteiger partial charge in [-0.1, -0.05) is 18.7 Å². The topological polar surface area (TPSA) is 177 Å². The molecule has 0 radical (unpaired) electrons. The van der Waals surface area contributed by atoms with E-state index in [1.165, 1.54) is 33.0 Å². The number of carbonyl (C=O) groups excluding carboxylic acids is 6.